The summed E-state index contributed by atoms with van der Waals surface area (Å²) >= 11 is 0. The van der Waals surface area contributed by atoms with E-state index >= 15 is 0 Å². The minimum absolute atomic E-state index is 0.0303. The summed E-state index contributed by atoms with van der Waals surface area (Å²) in [5.74, 6) is -0.817. The molecule has 0 saturated carbocycles. The van der Waals surface area contributed by atoms with Crippen LogP contribution in [-0.4, -0.2) is 46.4 Å². The van der Waals surface area contributed by atoms with Crippen molar-refractivity contribution in [2.75, 3.05) is 6.54 Å². The number of aliphatic hydroxyl groups is 1. The third kappa shape index (κ3) is 8.97. The summed E-state index contributed by atoms with van der Waals surface area (Å²) in [4.78, 5) is 34.0. The predicted octanol–water partition coefficient (Wildman–Crippen LogP) is 1.65. The highest BCUT2D eigenvalue weighted by Gasteiger charge is 2.29. The number of nitrogens with one attached hydrogen (secondary N) is 1. The van der Waals surface area contributed by atoms with Crippen LogP contribution >= 0.6 is 0 Å². The first-order valence-corrected chi connectivity index (χ1v) is 8.07. The summed E-state index contributed by atoms with van der Waals surface area (Å²) in [6.45, 7) is 4.17. The molecule has 0 heterocycles. The first-order chi connectivity index (χ1) is 12.1. The van der Waals surface area contributed by atoms with E-state index in [1.54, 1.807) is 45.0 Å². The zero-order chi connectivity index (χ0) is 19.7. The Bertz CT molecular complexity index is 613. The van der Waals surface area contributed by atoms with Gasteiger partial charge in [-0.15, -0.1) is 0 Å². The molecule has 1 amide bonds. The lowest BCUT2D eigenvalue weighted by atomic mass is 10.1. The lowest BCUT2D eigenvalue weighted by Crippen LogP contribution is -2.46. The number of ether oxygens (including phenoxy) is 2. The molecule has 144 valence electrons. The van der Waals surface area contributed by atoms with Crippen LogP contribution in [0.4, 0.5) is 4.79 Å². The van der Waals surface area contributed by atoms with Gasteiger partial charge >= 0.3 is 12.1 Å². The van der Waals surface area contributed by atoms with Crippen molar-refractivity contribution < 1.29 is 29.1 Å². The number of benzene rings is 1. The quantitative estimate of drug-likeness (QED) is 0.405. The molecule has 0 radical (unpaired) electrons. The van der Waals surface area contributed by atoms with Crippen LogP contribution in [0.25, 0.3) is 0 Å². The number of nitro groups is 1. The molecule has 9 nitrogen and oxygen atoms in total. The summed E-state index contributed by atoms with van der Waals surface area (Å²) < 4.78 is 10.2. The zero-order valence-corrected chi connectivity index (χ0v) is 15.0. The van der Waals surface area contributed by atoms with E-state index in [1.807, 2.05) is 6.07 Å². The average molecular weight is 368 g/mol. The van der Waals surface area contributed by atoms with E-state index < -0.39 is 41.3 Å². The Labute approximate surface area is 151 Å². The van der Waals surface area contributed by atoms with Crippen molar-refractivity contribution in [2.24, 2.45) is 0 Å². The van der Waals surface area contributed by atoms with Crippen molar-refractivity contribution in [3.8, 4) is 0 Å². The van der Waals surface area contributed by atoms with Crippen molar-refractivity contribution >= 4 is 12.1 Å². The Morgan fingerprint density at radius 2 is 1.88 bits per heavy atom. The minimum Gasteiger partial charge on any atom is -0.459 e. The topological polar surface area (TPSA) is 128 Å². The molecule has 1 aromatic rings. The molecule has 26 heavy (non-hydrogen) atoms. The van der Waals surface area contributed by atoms with Crippen molar-refractivity contribution in [1.29, 1.82) is 0 Å². The number of hydrogen-bond acceptors (Lipinski definition) is 7. The Kier molecular flexibility index (Phi) is 7.98. The highest BCUT2D eigenvalue weighted by molar-refractivity contribution is 5.81. The molecule has 0 spiro atoms. The largest absolute Gasteiger partial charge is 0.459 e. The molecule has 9 heteroatoms. The van der Waals surface area contributed by atoms with Crippen LogP contribution in [0.1, 0.15) is 32.8 Å². The highest BCUT2D eigenvalue weighted by atomic mass is 16.6. The van der Waals surface area contributed by atoms with Gasteiger partial charge in [0.25, 0.3) is 0 Å². The van der Waals surface area contributed by atoms with E-state index in [1.165, 1.54) is 0 Å². The summed E-state index contributed by atoms with van der Waals surface area (Å²) in [7, 11) is 0. The fraction of sp³-hybridized carbons (Fsp3) is 0.529. The van der Waals surface area contributed by atoms with Crippen molar-refractivity contribution in [1.82, 2.24) is 5.32 Å². The number of rotatable bonds is 8. The maximum Gasteiger partial charge on any atom is 0.408 e. The van der Waals surface area contributed by atoms with Gasteiger partial charge in [-0.05, 0) is 26.3 Å². The standard InChI is InChI=1S/C17H24N2O7/c1-17(2,3)26-16(22)18-14(9-13(20)10-19(23)24)15(21)25-11-12-7-5-4-6-8-12/h4-8,13-14,20H,9-11H2,1-3H3,(H,18,22)/t13-,14+/m1/s1. The summed E-state index contributed by atoms with van der Waals surface area (Å²) in [5, 5.41) is 22.5. The second-order valence-electron chi connectivity index (χ2n) is 6.70. The van der Waals surface area contributed by atoms with Crippen LogP contribution in [0.3, 0.4) is 0 Å². The SMILES string of the molecule is CC(C)(C)OC(=O)N[C@@H](C[C@@H](O)C[N+](=O)[O-])C(=O)OCc1ccccc1. The van der Waals surface area contributed by atoms with Crippen LogP contribution in [0, 0.1) is 10.1 Å². The Morgan fingerprint density at radius 1 is 1.27 bits per heavy atom. The van der Waals surface area contributed by atoms with Crippen molar-refractivity contribution in [2.45, 2.75) is 51.5 Å². The van der Waals surface area contributed by atoms with Gasteiger partial charge in [0.05, 0.1) is 0 Å². The van der Waals surface area contributed by atoms with Crippen molar-refractivity contribution in [3.63, 3.8) is 0 Å². The van der Waals surface area contributed by atoms with Gasteiger partial charge in [-0.2, -0.15) is 0 Å². The zero-order valence-electron chi connectivity index (χ0n) is 15.0. The van der Waals surface area contributed by atoms with E-state index in [0.29, 0.717) is 0 Å². The van der Waals surface area contributed by atoms with Crippen LogP contribution in [0.2, 0.25) is 0 Å². The molecule has 1 rings (SSSR count). The smallest absolute Gasteiger partial charge is 0.408 e. The Morgan fingerprint density at radius 3 is 2.42 bits per heavy atom. The van der Waals surface area contributed by atoms with Gasteiger partial charge in [0.1, 0.15) is 24.4 Å². The maximum absolute atomic E-state index is 12.3. The van der Waals surface area contributed by atoms with Crippen LogP contribution < -0.4 is 5.32 Å². The van der Waals surface area contributed by atoms with Gasteiger partial charge < -0.3 is 19.9 Å². The molecule has 0 bridgehead atoms. The second kappa shape index (κ2) is 9.71. The molecule has 0 fully saturated rings. The molecule has 2 N–H and O–H groups in total. The van der Waals surface area contributed by atoms with Gasteiger partial charge in [-0.1, -0.05) is 30.3 Å². The number of carbonyl (C=O) groups excluding carboxylic acids is 2. The number of amides is 1. The monoisotopic (exact) mass is 368 g/mol. The molecule has 0 saturated heterocycles. The molecule has 2 atom stereocenters. The van der Waals surface area contributed by atoms with E-state index in [4.69, 9.17) is 9.47 Å². The summed E-state index contributed by atoms with van der Waals surface area (Å²) in [5.41, 5.74) is -0.0510. The van der Waals surface area contributed by atoms with E-state index in [-0.39, 0.29) is 13.0 Å². The third-order valence-corrected chi connectivity index (χ3v) is 3.07. The number of carbonyl (C=O) groups is 2. The molecule has 0 aliphatic carbocycles. The van der Waals surface area contributed by atoms with Crippen LogP contribution in [0.5, 0.6) is 0 Å². The number of nitrogens with zero attached hydrogens (tertiary/aromatic N) is 1. The number of alkyl carbamates (subject to hydrolysis) is 1. The predicted molar refractivity (Wildman–Crippen MR) is 91.9 cm³/mol. The number of hydrogen-bond donors (Lipinski definition) is 2. The molecule has 0 aliphatic heterocycles. The average Bonchev–Trinajstić information content (AvgIpc) is 2.50. The second-order valence-corrected chi connectivity index (χ2v) is 6.70. The number of aliphatic hydroxyl groups excluding tert-OH is 1. The molecular formula is C17H24N2O7. The molecule has 1 aromatic carbocycles. The van der Waals surface area contributed by atoms with Gasteiger partial charge in [-0.25, -0.2) is 9.59 Å². The number of esters is 1. The summed E-state index contributed by atoms with van der Waals surface area (Å²) in [6.07, 6.45) is -2.67. The lowest BCUT2D eigenvalue weighted by Gasteiger charge is -2.23. The first kappa shape index (κ1) is 21.4. The maximum atomic E-state index is 12.3. The minimum atomic E-state index is -1.42. The van der Waals surface area contributed by atoms with Crippen molar-refractivity contribution in [3.05, 3.63) is 46.0 Å². The van der Waals surface area contributed by atoms with Crippen LogP contribution in [0.15, 0.2) is 30.3 Å². The fourth-order valence-electron chi connectivity index (χ4n) is 2.01. The molecule has 0 aromatic heterocycles. The Balaban J connectivity index is 2.72. The van der Waals surface area contributed by atoms with Gasteiger partial charge in [0, 0.05) is 11.3 Å². The van der Waals surface area contributed by atoms with Gasteiger partial charge in [-0.3, -0.25) is 10.1 Å². The third-order valence-electron chi connectivity index (χ3n) is 3.07. The highest BCUT2D eigenvalue weighted by Crippen LogP contribution is 2.10. The van der Waals surface area contributed by atoms with Gasteiger partial charge in [0.15, 0.2) is 0 Å². The molecule has 0 unspecified atom stereocenters. The normalized spacial score (nSPS) is 13.4. The van der Waals surface area contributed by atoms with E-state index in [9.17, 15) is 24.8 Å². The molecular weight excluding hydrogens is 344 g/mol. The van der Waals surface area contributed by atoms with E-state index in [2.05, 4.69) is 5.32 Å². The fourth-order valence-corrected chi connectivity index (χ4v) is 2.01. The first-order valence-electron chi connectivity index (χ1n) is 8.07. The lowest BCUT2D eigenvalue weighted by molar-refractivity contribution is -0.490. The van der Waals surface area contributed by atoms with Crippen LogP contribution in [-0.2, 0) is 20.9 Å². The van der Waals surface area contributed by atoms with Gasteiger partial charge in [0.2, 0.25) is 6.54 Å². The summed E-state index contributed by atoms with van der Waals surface area (Å²) in [6, 6.07) is 7.60. The molecule has 0 aliphatic rings. The Hall–Kier alpha value is -2.68. The van der Waals surface area contributed by atoms with E-state index in [0.717, 1.165) is 5.56 Å².